The van der Waals surface area contributed by atoms with Gasteiger partial charge in [-0.3, -0.25) is 14.4 Å². The van der Waals surface area contributed by atoms with Gasteiger partial charge < -0.3 is 10.1 Å². The highest BCUT2D eigenvalue weighted by atomic mass is 32.1. The van der Waals surface area contributed by atoms with Gasteiger partial charge in [0.25, 0.3) is 0 Å². The summed E-state index contributed by atoms with van der Waals surface area (Å²) in [7, 11) is 0. The van der Waals surface area contributed by atoms with Crippen LogP contribution in [-0.4, -0.2) is 34.0 Å². The van der Waals surface area contributed by atoms with Crippen molar-refractivity contribution in [3.63, 3.8) is 0 Å². The van der Waals surface area contributed by atoms with Crippen LogP contribution in [0.1, 0.15) is 54.4 Å². The predicted octanol–water partition coefficient (Wildman–Crippen LogP) is 3.55. The molecule has 1 heterocycles. The summed E-state index contributed by atoms with van der Waals surface area (Å²) < 4.78 is 5.37. The molecule has 2 rings (SSSR count). The number of rotatable bonds is 10. The van der Waals surface area contributed by atoms with E-state index in [2.05, 4.69) is 15.5 Å². The molecule has 144 valence electrons. The van der Waals surface area contributed by atoms with E-state index >= 15 is 0 Å². The van der Waals surface area contributed by atoms with Crippen LogP contribution in [-0.2, 0) is 14.3 Å². The number of carbonyl (C=O) groups is 3. The molecule has 1 aromatic heterocycles. The second-order valence-electron chi connectivity index (χ2n) is 6.03. The van der Waals surface area contributed by atoms with Crippen molar-refractivity contribution in [2.45, 2.75) is 52.1 Å². The third kappa shape index (κ3) is 6.90. The third-order valence-electron chi connectivity index (χ3n) is 3.73. The van der Waals surface area contributed by atoms with Gasteiger partial charge in [-0.05, 0) is 19.8 Å². The van der Waals surface area contributed by atoms with Crippen LogP contribution in [0, 0.1) is 6.92 Å². The fourth-order valence-corrected chi connectivity index (χ4v) is 3.04. The minimum atomic E-state index is -0.789. The van der Waals surface area contributed by atoms with Gasteiger partial charge in [-0.15, -0.1) is 10.2 Å². The van der Waals surface area contributed by atoms with Gasteiger partial charge in [0.15, 0.2) is 6.10 Å². The van der Waals surface area contributed by atoms with E-state index in [0.29, 0.717) is 23.5 Å². The Kier molecular flexibility index (Phi) is 8.06. The Bertz CT molecular complexity index is 776. The number of esters is 1. The lowest BCUT2D eigenvalue weighted by Crippen LogP contribution is -2.27. The highest BCUT2D eigenvalue weighted by Gasteiger charge is 2.23. The first-order chi connectivity index (χ1) is 13.0. The Morgan fingerprint density at radius 1 is 1.15 bits per heavy atom. The van der Waals surface area contributed by atoms with Gasteiger partial charge in [-0.25, -0.2) is 0 Å². The van der Waals surface area contributed by atoms with Crippen LogP contribution in [0.5, 0.6) is 0 Å². The highest BCUT2D eigenvalue weighted by molar-refractivity contribution is 7.15. The van der Waals surface area contributed by atoms with E-state index in [1.54, 1.807) is 31.2 Å². The first-order valence-corrected chi connectivity index (χ1v) is 9.70. The van der Waals surface area contributed by atoms with Crippen LogP contribution in [0.25, 0.3) is 0 Å². The molecule has 0 saturated heterocycles. The van der Waals surface area contributed by atoms with Gasteiger partial charge in [0.05, 0.1) is 0 Å². The van der Waals surface area contributed by atoms with Crippen molar-refractivity contribution in [1.82, 2.24) is 10.2 Å². The molecular formula is C19H23N3O4S. The topological polar surface area (TPSA) is 98.2 Å². The van der Waals surface area contributed by atoms with Crippen LogP contribution >= 0.6 is 11.3 Å². The lowest BCUT2D eigenvalue weighted by Gasteiger charge is -2.16. The average molecular weight is 389 g/mol. The van der Waals surface area contributed by atoms with Crippen molar-refractivity contribution in [2.24, 2.45) is 0 Å². The van der Waals surface area contributed by atoms with E-state index in [1.807, 2.05) is 13.0 Å². The zero-order chi connectivity index (χ0) is 19.6. The van der Waals surface area contributed by atoms with E-state index in [0.717, 1.165) is 11.4 Å². The van der Waals surface area contributed by atoms with Crippen molar-refractivity contribution < 1.29 is 19.1 Å². The summed E-state index contributed by atoms with van der Waals surface area (Å²) in [4.78, 5) is 36.4. The Balaban J connectivity index is 1.78. The molecule has 7 nitrogen and oxygen atoms in total. The molecule has 0 spiro atoms. The van der Waals surface area contributed by atoms with Crippen molar-refractivity contribution >= 4 is 34.1 Å². The number of aryl methyl sites for hydroxylation is 1. The Morgan fingerprint density at radius 2 is 1.89 bits per heavy atom. The molecule has 8 heteroatoms. The molecule has 27 heavy (non-hydrogen) atoms. The molecule has 0 aliphatic rings. The maximum absolute atomic E-state index is 12.5. The predicted molar refractivity (Wildman–Crippen MR) is 103 cm³/mol. The molecule has 0 bridgehead atoms. The fourth-order valence-electron chi connectivity index (χ4n) is 2.43. The van der Waals surface area contributed by atoms with E-state index in [4.69, 9.17) is 4.74 Å². The summed E-state index contributed by atoms with van der Waals surface area (Å²) in [5.41, 5.74) is 0.524. The van der Waals surface area contributed by atoms with Gasteiger partial charge in [0.2, 0.25) is 16.8 Å². The maximum Gasteiger partial charge on any atom is 0.306 e. The van der Waals surface area contributed by atoms with E-state index in [9.17, 15) is 14.4 Å². The first-order valence-electron chi connectivity index (χ1n) is 8.88. The number of carbonyl (C=O) groups excluding carboxylic acids is 3. The molecule has 0 unspecified atom stereocenters. The van der Waals surface area contributed by atoms with Gasteiger partial charge in [0.1, 0.15) is 5.01 Å². The Morgan fingerprint density at radius 3 is 2.52 bits per heavy atom. The molecule has 0 aliphatic heterocycles. The minimum Gasteiger partial charge on any atom is -0.454 e. The normalized spacial score (nSPS) is 11.6. The second kappa shape index (κ2) is 10.5. The first kappa shape index (κ1) is 20.7. The fraction of sp³-hybridized carbons (Fsp3) is 0.421. The number of aromatic nitrogens is 2. The van der Waals surface area contributed by atoms with Crippen LogP contribution in [0.4, 0.5) is 5.13 Å². The van der Waals surface area contributed by atoms with Crippen LogP contribution in [0.2, 0.25) is 0 Å². The van der Waals surface area contributed by atoms with Crippen molar-refractivity contribution in [3.05, 3.63) is 40.9 Å². The summed E-state index contributed by atoms with van der Waals surface area (Å²) >= 11 is 1.29. The Hall–Kier alpha value is -2.61. The molecule has 1 N–H and O–H groups in total. The van der Waals surface area contributed by atoms with Crippen LogP contribution < -0.4 is 5.32 Å². The van der Waals surface area contributed by atoms with Crippen molar-refractivity contribution in [3.8, 4) is 0 Å². The molecule has 0 saturated carbocycles. The van der Waals surface area contributed by atoms with Crippen molar-refractivity contribution in [2.75, 3.05) is 5.32 Å². The summed E-state index contributed by atoms with van der Waals surface area (Å²) in [5, 5.41) is 11.5. The molecule has 1 amide bonds. The molecule has 0 fully saturated rings. The number of anilines is 1. The third-order valence-corrected chi connectivity index (χ3v) is 4.49. The zero-order valence-electron chi connectivity index (χ0n) is 15.4. The standard InChI is InChI=1S/C19H23N3O4S/c1-3-8-15(18(25)14-9-5-4-6-10-14)26-17(24)12-7-11-16(23)20-19-22-21-13(2)27-19/h4-6,9-10,15H,3,7-8,11-12H2,1-2H3,(H,20,22,23)/t15-/m0/s1. The molecule has 2 aromatic rings. The zero-order valence-corrected chi connectivity index (χ0v) is 16.3. The van der Waals surface area contributed by atoms with Gasteiger partial charge in [-0.1, -0.05) is 55.0 Å². The number of ether oxygens (including phenoxy) is 1. The summed E-state index contributed by atoms with van der Waals surface area (Å²) in [6.45, 7) is 3.73. The highest BCUT2D eigenvalue weighted by Crippen LogP contribution is 2.15. The lowest BCUT2D eigenvalue weighted by atomic mass is 10.0. The van der Waals surface area contributed by atoms with E-state index in [1.165, 1.54) is 11.3 Å². The lowest BCUT2D eigenvalue weighted by molar-refractivity contribution is -0.147. The smallest absolute Gasteiger partial charge is 0.306 e. The van der Waals surface area contributed by atoms with E-state index in [-0.39, 0.29) is 24.5 Å². The number of Topliss-reactive ketones (excluding diaryl/α,β-unsaturated/α-hetero) is 1. The molecule has 0 aliphatic carbocycles. The minimum absolute atomic E-state index is 0.0743. The van der Waals surface area contributed by atoms with Crippen molar-refractivity contribution in [1.29, 1.82) is 0 Å². The average Bonchev–Trinajstić information content (AvgIpc) is 3.06. The number of ketones is 1. The maximum atomic E-state index is 12.5. The number of hydrogen-bond acceptors (Lipinski definition) is 7. The molecular weight excluding hydrogens is 366 g/mol. The molecule has 1 atom stereocenters. The largest absolute Gasteiger partial charge is 0.454 e. The second-order valence-corrected chi connectivity index (χ2v) is 7.21. The summed E-state index contributed by atoms with van der Waals surface area (Å²) in [5.74, 6) is -0.906. The number of nitrogens with zero attached hydrogens (tertiary/aromatic N) is 2. The summed E-state index contributed by atoms with van der Waals surface area (Å²) in [6, 6.07) is 8.79. The number of benzene rings is 1. The quantitative estimate of drug-likeness (QED) is 0.493. The van der Waals surface area contributed by atoms with E-state index < -0.39 is 12.1 Å². The van der Waals surface area contributed by atoms with Gasteiger partial charge in [0, 0.05) is 18.4 Å². The number of amides is 1. The molecule has 1 aromatic carbocycles. The number of nitrogens with one attached hydrogen (secondary N) is 1. The summed E-state index contributed by atoms with van der Waals surface area (Å²) in [6.07, 6.45) is 0.976. The number of hydrogen-bond donors (Lipinski definition) is 1. The monoisotopic (exact) mass is 389 g/mol. The van der Waals surface area contributed by atoms with Gasteiger partial charge in [-0.2, -0.15) is 0 Å². The SMILES string of the molecule is CCC[C@H](OC(=O)CCCC(=O)Nc1nnc(C)s1)C(=O)c1ccccc1. The van der Waals surface area contributed by atoms with Crippen LogP contribution in [0.3, 0.4) is 0 Å². The van der Waals surface area contributed by atoms with Gasteiger partial charge >= 0.3 is 5.97 Å². The van der Waals surface area contributed by atoms with Crippen LogP contribution in [0.15, 0.2) is 30.3 Å². The molecule has 0 radical (unpaired) electrons. The Labute approximate surface area is 162 Å².